The zero-order chi connectivity index (χ0) is 23.8. The molecule has 0 saturated carbocycles. The maximum Gasteiger partial charge on any atom is 0.119 e. The summed E-state index contributed by atoms with van der Waals surface area (Å²) < 4.78 is 19.9. The lowest BCUT2D eigenvalue weighted by atomic mass is 9.95. The van der Waals surface area contributed by atoms with E-state index in [4.69, 9.17) is 14.2 Å². The fourth-order valence-electron chi connectivity index (χ4n) is 4.43. The molecule has 0 spiro atoms. The molecule has 1 aliphatic heterocycles. The first-order chi connectivity index (χ1) is 16.5. The summed E-state index contributed by atoms with van der Waals surface area (Å²) in [5.74, 6) is 1.81. The van der Waals surface area contributed by atoms with Gasteiger partial charge in [-0.15, -0.1) is 0 Å². The van der Waals surface area contributed by atoms with Crippen molar-refractivity contribution in [3.05, 3.63) is 77.6 Å². The minimum absolute atomic E-state index is 0.232. The van der Waals surface area contributed by atoms with Gasteiger partial charge in [0.1, 0.15) is 30.3 Å². The zero-order valence-electron chi connectivity index (χ0n) is 20.7. The molecule has 0 unspecified atom stereocenters. The number of hydrogen-bond donors (Lipinski definition) is 0. The first-order valence-electron chi connectivity index (χ1n) is 12.2. The second-order valence-corrected chi connectivity index (χ2v) is 9.39. The minimum Gasteiger partial charge on any atom is -0.492 e. The van der Waals surface area contributed by atoms with Gasteiger partial charge in [0.25, 0.3) is 0 Å². The highest BCUT2D eigenvalue weighted by atomic mass is 16.5. The summed E-state index contributed by atoms with van der Waals surface area (Å²) in [7, 11) is 1.82. The molecule has 1 fully saturated rings. The molecular weight excluding hydrogens is 426 g/mol. The molecule has 4 rings (SSSR count). The van der Waals surface area contributed by atoms with Gasteiger partial charge in [0.2, 0.25) is 0 Å². The molecule has 6 heteroatoms. The number of benzene rings is 2. The third kappa shape index (κ3) is 6.84. The molecule has 1 atom stereocenters. The molecule has 2 heterocycles. The molecule has 1 saturated heterocycles. The molecule has 0 bridgehead atoms. The van der Waals surface area contributed by atoms with Gasteiger partial charge in [-0.2, -0.15) is 5.10 Å². The Morgan fingerprint density at radius 3 is 2.32 bits per heavy atom. The van der Waals surface area contributed by atoms with E-state index in [0.29, 0.717) is 13.2 Å². The van der Waals surface area contributed by atoms with Crippen LogP contribution in [0.5, 0.6) is 11.5 Å². The highest BCUT2D eigenvalue weighted by Gasteiger charge is 2.33. The maximum absolute atomic E-state index is 6.12. The van der Waals surface area contributed by atoms with Crippen LogP contribution in [0.25, 0.3) is 0 Å². The molecule has 3 aromatic rings. The lowest BCUT2D eigenvalue weighted by molar-refractivity contribution is -0.0541. The van der Waals surface area contributed by atoms with Gasteiger partial charge >= 0.3 is 0 Å². The molecule has 34 heavy (non-hydrogen) atoms. The Morgan fingerprint density at radius 1 is 0.882 bits per heavy atom. The third-order valence-corrected chi connectivity index (χ3v) is 6.63. The van der Waals surface area contributed by atoms with E-state index in [-0.39, 0.29) is 5.60 Å². The molecule has 1 aromatic heterocycles. The molecule has 0 aliphatic carbocycles. The normalized spacial score (nSPS) is 19.0. The minimum atomic E-state index is -0.232. The van der Waals surface area contributed by atoms with Gasteiger partial charge in [0, 0.05) is 26.4 Å². The highest BCUT2D eigenvalue weighted by molar-refractivity contribution is 5.27. The van der Waals surface area contributed by atoms with E-state index in [9.17, 15) is 0 Å². The summed E-state index contributed by atoms with van der Waals surface area (Å²) >= 11 is 0. The van der Waals surface area contributed by atoms with Crippen molar-refractivity contribution in [2.45, 2.75) is 51.8 Å². The first kappa shape index (κ1) is 24.3. The summed E-state index contributed by atoms with van der Waals surface area (Å²) in [5.41, 5.74) is 3.47. The number of methoxy groups -OCH3 is 1. The van der Waals surface area contributed by atoms with Crippen LogP contribution in [0.4, 0.5) is 0 Å². The van der Waals surface area contributed by atoms with Gasteiger partial charge in [-0.3, -0.25) is 9.58 Å². The van der Waals surface area contributed by atoms with Crippen molar-refractivity contribution in [3.63, 3.8) is 0 Å². The summed E-state index contributed by atoms with van der Waals surface area (Å²) in [6.45, 7) is 9.07. The van der Waals surface area contributed by atoms with E-state index in [1.807, 2.05) is 43.2 Å². The summed E-state index contributed by atoms with van der Waals surface area (Å²) in [5, 5.41) is 4.29. The van der Waals surface area contributed by atoms with Crippen LogP contribution in [-0.4, -0.2) is 53.7 Å². The Bertz CT molecular complexity index is 1020. The van der Waals surface area contributed by atoms with E-state index >= 15 is 0 Å². The fourth-order valence-corrected chi connectivity index (χ4v) is 4.43. The van der Waals surface area contributed by atoms with Crippen LogP contribution in [0, 0.1) is 13.8 Å². The number of nitrogens with zero attached hydrogens (tertiary/aromatic N) is 3. The van der Waals surface area contributed by atoms with Crippen LogP contribution in [0.15, 0.2) is 60.9 Å². The van der Waals surface area contributed by atoms with Crippen LogP contribution >= 0.6 is 0 Å². The Hall–Kier alpha value is -2.83. The quantitative estimate of drug-likeness (QED) is 0.422. The van der Waals surface area contributed by atoms with Crippen molar-refractivity contribution in [1.29, 1.82) is 0 Å². The highest BCUT2D eigenvalue weighted by Crippen LogP contribution is 2.28. The Kier molecular flexibility index (Phi) is 8.25. The van der Waals surface area contributed by atoms with Crippen molar-refractivity contribution in [3.8, 4) is 11.5 Å². The standard InChI is InChI=1S/C28H37N3O3/c1-23-5-9-27(10-6-23)34-22-28(32-3)13-4-15-30(16-14-28)21-25-7-11-26(12-8-25)33-18-17-31-20-24(2)19-29-31/h5-12,19-20H,4,13-18,21-22H2,1-3H3/t28-/m1/s1. The smallest absolute Gasteiger partial charge is 0.119 e. The van der Waals surface area contributed by atoms with Gasteiger partial charge in [0.15, 0.2) is 0 Å². The average molecular weight is 464 g/mol. The predicted molar refractivity (Wildman–Crippen MR) is 134 cm³/mol. The zero-order valence-corrected chi connectivity index (χ0v) is 20.7. The Labute approximate surface area is 203 Å². The van der Waals surface area contributed by atoms with Crippen molar-refractivity contribution in [2.24, 2.45) is 0 Å². The van der Waals surface area contributed by atoms with Crippen molar-refractivity contribution in [1.82, 2.24) is 14.7 Å². The first-order valence-corrected chi connectivity index (χ1v) is 12.2. The second kappa shape index (κ2) is 11.5. The SMILES string of the molecule is CO[C@]1(COc2ccc(C)cc2)CCCN(Cc2ccc(OCCn3cc(C)cn3)cc2)CC1. The molecular formula is C28H37N3O3. The second-order valence-electron chi connectivity index (χ2n) is 9.39. The van der Waals surface area contributed by atoms with Crippen LogP contribution in [0.1, 0.15) is 36.0 Å². The van der Waals surface area contributed by atoms with E-state index in [1.165, 1.54) is 16.7 Å². The van der Waals surface area contributed by atoms with Gasteiger partial charge in [-0.25, -0.2) is 0 Å². The Balaban J connectivity index is 1.24. The number of likely N-dealkylation sites (tertiary alicyclic amines) is 1. The average Bonchev–Trinajstić information content (AvgIpc) is 3.16. The monoisotopic (exact) mass is 463 g/mol. The molecule has 6 nitrogen and oxygen atoms in total. The van der Waals surface area contributed by atoms with Crippen LogP contribution in [0.2, 0.25) is 0 Å². The molecule has 0 amide bonds. The lowest BCUT2D eigenvalue weighted by Gasteiger charge is -2.31. The molecule has 182 valence electrons. The van der Waals surface area contributed by atoms with Crippen LogP contribution < -0.4 is 9.47 Å². The van der Waals surface area contributed by atoms with Gasteiger partial charge in [-0.05, 0) is 75.0 Å². The number of aromatic nitrogens is 2. The number of hydrogen-bond acceptors (Lipinski definition) is 5. The van der Waals surface area contributed by atoms with Gasteiger partial charge < -0.3 is 14.2 Å². The predicted octanol–water partition coefficient (Wildman–Crippen LogP) is 5.03. The summed E-state index contributed by atoms with van der Waals surface area (Å²) in [4.78, 5) is 2.52. The van der Waals surface area contributed by atoms with Crippen LogP contribution in [0.3, 0.4) is 0 Å². The molecule has 1 aliphatic rings. The number of aryl methyl sites for hydroxylation is 2. The number of rotatable bonds is 10. The summed E-state index contributed by atoms with van der Waals surface area (Å²) in [6.07, 6.45) is 6.96. The van der Waals surface area contributed by atoms with Crippen molar-refractivity contribution < 1.29 is 14.2 Å². The third-order valence-electron chi connectivity index (χ3n) is 6.63. The van der Waals surface area contributed by atoms with Crippen LogP contribution in [-0.2, 0) is 17.8 Å². The molecule has 0 radical (unpaired) electrons. The largest absolute Gasteiger partial charge is 0.492 e. The van der Waals surface area contributed by atoms with E-state index in [1.54, 1.807) is 0 Å². The topological polar surface area (TPSA) is 48.8 Å². The lowest BCUT2D eigenvalue weighted by Crippen LogP contribution is -2.39. The van der Waals surface area contributed by atoms with Gasteiger partial charge in [-0.1, -0.05) is 29.8 Å². The van der Waals surface area contributed by atoms with E-state index < -0.39 is 0 Å². The van der Waals surface area contributed by atoms with E-state index in [2.05, 4.69) is 53.3 Å². The maximum atomic E-state index is 6.12. The molecule has 2 aromatic carbocycles. The van der Waals surface area contributed by atoms with Crippen molar-refractivity contribution >= 4 is 0 Å². The Morgan fingerprint density at radius 2 is 1.62 bits per heavy atom. The van der Waals surface area contributed by atoms with Gasteiger partial charge in [0.05, 0.1) is 12.7 Å². The fraction of sp³-hybridized carbons (Fsp3) is 0.464. The molecule has 0 N–H and O–H groups in total. The van der Waals surface area contributed by atoms with E-state index in [0.717, 1.165) is 56.9 Å². The number of ether oxygens (including phenoxy) is 3. The van der Waals surface area contributed by atoms with Crippen molar-refractivity contribution in [2.75, 3.05) is 33.4 Å². The summed E-state index contributed by atoms with van der Waals surface area (Å²) in [6, 6.07) is 16.7.